The molecule has 1 unspecified atom stereocenters. The van der Waals surface area contributed by atoms with E-state index in [0.29, 0.717) is 0 Å². The molecule has 0 radical (unpaired) electrons. The zero-order valence-electron chi connectivity index (χ0n) is 22.7. The van der Waals surface area contributed by atoms with Gasteiger partial charge in [-0.3, -0.25) is 9.59 Å². The van der Waals surface area contributed by atoms with Crippen LogP contribution in [0, 0.1) is 6.92 Å². The molecule has 3 aromatic rings. The normalized spacial score (nSPS) is 12.7. The summed E-state index contributed by atoms with van der Waals surface area (Å²) in [5.41, 5.74) is 2.16. The SMILES string of the molecule is Cc1ccc(S(=O)(=O)N(C)CC(=O)N(Cc2ccccc2)C(Cc2ccccc2)C(=O)NC(C)(C)C)cc1. The summed E-state index contributed by atoms with van der Waals surface area (Å²) in [6.07, 6.45) is 0.287. The Labute approximate surface area is 226 Å². The van der Waals surface area contributed by atoms with Crippen LogP contribution in [-0.2, 0) is 32.6 Å². The summed E-state index contributed by atoms with van der Waals surface area (Å²) in [5.74, 6) is -0.758. The number of sulfonamides is 1. The first-order valence-corrected chi connectivity index (χ1v) is 14.0. The molecule has 0 aliphatic carbocycles. The number of carbonyl (C=O) groups excluding carboxylic acids is 2. The van der Waals surface area contributed by atoms with Crippen molar-refractivity contribution in [2.45, 2.75) is 57.1 Å². The fourth-order valence-corrected chi connectivity index (χ4v) is 5.16. The third-order valence-corrected chi connectivity index (χ3v) is 7.87. The Morgan fingerprint density at radius 2 is 1.37 bits per heavy atom. The lowest BCUT2D eigenvalue weighted by Gasteiger charge is -2.34. The number of nitrogens with zero attached hydrogens (tertiary/aromatic N) is 2. The summed E-state index contributed by atoms with van der Waals surface area (Å²) in [6, 6.07) is 24.5. The predicted octanol–water partition coefficient (Wildman–Crippen LogP) is 4.17. The number of hydrogen-bond donors (Lipinski definition) is 1. The molecule has 1 atom stereocenters. The van der Waals surface area contributed by atoms with E-state index in [1.807, 2.05) is 88.4 Å². The van der Waals surface area contributed by atoms with E-state index in [1.165, 1.54) is 24.1 Å². The highest BCUT2D eigenvalue weighted by molar-refractivity contribution is 7.89. The van der Waals surface area contributed by atoms with Gasteiger partial charge in [0.2, 0.25) is 21.8 Å². The van der Waals surface area contributed by atoms with E-state index in [9.17, 15) is 18.0 Å². The van der Waals surface area contributed by atoms with Crippen LogP contribution < -0.4 is 5.32 Å². The van der Waals surface area contributed by atoms with Gasteiger partial charge in [-0.25, -0.2) is 8.42 Å². The van der Waals surface area contributed by atoms with Gasteiger partial charge in [0.05, 0.1) is 11.4 Å². The quantitative estimate of drug-likeness (QED) is 0.422. The van der Waals surface area contributed by atoms with Crippen LogP contribution in [-0.4, -0.2) is 54.6 Å². The van der Waals surface area contributed by atoms with Crippen molar-refractivity contribution in [2.75, 3.05) is 13.6 Å². The second kappa shape index (κ2) is 12.4. The molecule has 0 saturated carbocycles. The van der Waals surface area contributed by atoms with Gasteiger partial charge >= 0.3 is 0 Å². The molecule has 202 valence electrons. The first kappa shape index (κ1) is 29.1. The van der Waals surface area contributed by atoms with Gasteiger partial charge in [0.25, 0.3) is 0 Å². The zero-order valence-corrected chi connectivity index (χ0v) is 23.5. The van der Waals surface area contributed by atoms with E-state index < -0.39 is 34.1 Å². The highest BCUT2D eigenvalue weighted by Crippen LogP contribution is 2.19. The number of likely N-dealkylation sites (N-methyl/N-ethyl adjacent to an activating group) is 1. The molecular formula is C30H37N3O4S. The molecule has 0 bridgehead atoms. The molecule has 0 spiro atoms. The van der Waals surface area contributed by atoms with Crippen LogP contribution >= 0.6 is 0 Å². The van der Waals surface area contributed by atoms with E-state index in [1.54, 1.807) is 12.1 Å². The second-order valence-corrected chi connectivity index (χ2v) is 12.6. The van der Waals surface area contributed by atoms with E-state index in [-0.39, 0.29) is 23.8 Å². The maximum absolute atomic E-state index is 13.8. The third kappa shape index (κ3) is 8.00. The molecule has 38 heavy (non-hydrogen) atoms. The van der Waals surface area contributed by atoms with Crippen molar-refractivity contribution < 1.29 is 18.0 Å². The van der Waals surface area contributed by atoms with Crippen molar-refractivity contribution in [2.24, 2.45) is 0 Å². The molecule has 0 fully saturated rings. The predicted molar refractivity (Wildman–Crippen MR) is 150 cm³/mol. The van der Waals surface area contributed by atoms with E-state index in [0.717, 1.165) is 21.0 Å². The lowest BCUT2D eigenvalue weighted by Crippen LogP contribution is -2.56. The van der Waals surface area contributed by atoms with Crippen LogP contribution in [0.3, 0.4) is 0 Å². The fourth-order valence-electron chi connectivity index (χ4n) is 4.04. The molecule has 0 saturated heterocycles. The topological polar surface area (TPSA) is 86.8 Å². The summed E-state index contributed by atoms with van der Waals surface area (Å²) >= 11 is 0. The van der Waals surface area contributed by atoms with Crippen molar-refractivity contribution in [3.63, 3.8) is 0 Å². The molecule has 0 aliphatic rings. The molecule has 8 heteroatoms. The molecule has 0 heterocycles. The van der Waals surface area contributed by atoms with Crippen molar-refractivity contribution in [3.05, 3.63) is 102 Å². The molecule has 0 aromatic heterocycles. The van der Waals surface area contributed by atoms with Crippen molar-refractivity contribution >= 4 is 21.8 Å². The number of nitrogens with one attached hydrogen (secondary N) is 1. The monoisotopic (exact) mass is 535 g/mol. The van der Waals surface area contributed by atoms with Crippen LogP contribution in [0.4, 0.5) is 0 Å². The molecule has 7 nitrogen and oxygen atoms in total. The minimum atomic E-state index is -3.91. The first-order chi connectivity index (χ1) is 17.9. The highest BCUT2D eigenvalue weighted by Gasteiger charge is 2.34. The zero-order chi connectivity index (χ0) is 27.9. The fraction of sp³-hybridized carbons (Fsp3) is 0.333. The van der Waals surface area contributed by atoms with Crippen LogP contribution in [0.2, 0.25) is 0 Å². The molecule has 3 aromatic carbocycles. The number of rotatable bonds is 10. The van der Waals surface area contributed by atoms with E-state index >= 15 is 0 Å². The van der Waals surface area contributed by atoms with Gasteiger partial charge in [-0.2, -0.15) is 4.31 Å². The summed E-state index contributed by atoms with van der Waals surface area (Å²) in [7, 11) is -2.52. The Balaban J connectivity index is 1.97. The van der Waals surface area contributed by atoms with Crippen LogP contribution in [0.5, 0.6) is 0 Å². The Hall–Kier alpha value is -3.49. The minimum absolute atomic E-state index is 0.110. The van der Waals surface area contributed by atoms with Crippen molar-refractivity contribution in [1.82, 2.24) is 14.5 Å². The van der Waals surface area contributed by atoms with Gasteiger partial charge in [-0.1, -0.05) is 78.4 Å². The Kier molecular flexibility index (Phi) is 9.46. The largest absolute Gasteiger partial charge is 0.350 e. The summed E-state index contributed by atoms with van der Waals surface area (Å²) in [6.45, 7) is 7.28. The third-order valence-electron chi connectivity index (χ3n) is 6.05. The number of aryl methyl sites for hydroxylation is 1. The Bertz CT molecular complexity index is 1320. The Morgan fingerprint density at radius 3 is 1.89 bits per heavy atom. The summed E-state index contributed by atoms with van der Waals surface area (Å²) in [4.78, 5) is 29.0. The Morgan fingerprint density at radius 1 is 0.842 bits per heavy atom. The van der Waals surface area contributed by atoms with Crippen molar-refractivity contribution in [3.8, 4) is 0 Å². The van der Waals surface area contributed by atoms with E-state index in [2.05, 4.69) is 5.32 Å². The van der Waals surface area contributed by atoms with E-state index in [4.69, 9.17) is 0 Å². The average Bonchev–Trinajstić information content (AvgIpc) is 2.86. The number of hydrogen-bond acceptors (Lipinski definition) is 4. The lowest BCUT2D eigenvalue weighted by atomic mass is 10.0. The van der Waals surface area contributed by atoms with Crippen LogP contribution in [0.1, 0.15) is 37.5 Å². The maximum atomic E-state index is 13.8. The van der Waals surface area contributed by atoms with Crippen LogP contribution in [0.15, 0.2) is 89.8 Å². The number of amides is 2. The maximum Gasteiger partial charge on any atom is 0.243 e. The van der Waals surface area contributed by atoms with Gasteiger partial charge < -0.3 is 10.2 Å². The van der Waals surface area contributed by atoms with Gasteiger partial charge in [-0.15, -0.1) is 0 Å². The summed E-state index contributed by atoms with van der Waals surface area (Å²) in [5, 5.41) is 3.01. The summed E-state index contributed by atoms with van der Waals surface area (Å²) < 4.78 is 27.5. The molecule has 3 rings (SSSR count). The molecule has 2 amide bonds. The van der Waals surface area contributed by atoms with Gasteiger partial charge in [0, 0.05) is 25.6 Å². The van der Waals surface area contributed by atoms with Crippen molar-refractivity contribution in [1.29, 1.82) is 0 Å². The number of benzene rings is 3. The standard InChI is InChI=1S/C30H37N3O4S/c1-23-16-18-26(19-17-23)38(36,37)32(5)22-28(34)33(21-25-14-10-7-11-15-25)27(29(35)31-30(2,3)4)20-24-12-8-6-9-13-24/h6-19,27H,20-22H2,1-5H3,(H,31,35). The smallest absolute Gasteiger partial charge is 0.243 e. The first-order valence-electron chi connectivity index (χ1n) is 12.6. The second-order valence-electron chi connectivity index (χ2n) is 10.5. The lowest BCUT2D eigenvalue weighted by molar-refractivity contribution is -0.141. The molecule has 0 aliphatic heterocycles. The van der Waals surface area contributed by atoms with Crippen LogP contribution in [0.25, 0.3) is 0 Å². The van der Waals surface area contributed by atoms with Gasteiger partial charge in [0.1, 0.15) is 6.04 Å². The number of carbonyl (C=O) groups is 2. The average molecular weight is 536 g/mol. The van der Waals surface area contributed by atoms with Gasteiger partial charge in [0.15, 0.2) is 0 Å². The highest BCUT2D eigenvalue weighted by atomic mass is 32.2. The molecule has 1 N–H and O–H groups in total. The van der Waals surface area contributed by atoms with Gasteiger partial charge in [-0.05, 0) is 51.0 Å². The minimum Gasteiger partial charge on any atom is -0.350 e. The molecular weight excluding hydrogens is 498 g/mol.